The quantitative estimate of drug-likeness (QED) is 0.913. The zero-order valence-electron chi connectivity index (χ0n) is 10.2. The smallest absolute Gasteiger partial charge is 0.325 e. The van der Waals surface area contributed by atoms with Gasteiger partial charge in [-0.25, -0.2) is 0 Å². The van der Waals surface area contributed by atoms with Gasteiger partial charge in [-0.15, -0.1) is 0 Å². The second kappa shape index (κ2) is 5.40. The number of fused-ring (bicyclic) bond motifs is 1. The third-order valence-electron chi connectivity index (χ3n) is 2.78. The van der Waals surface area contributed by atoms with Gasteiger partial charge in [-0.1, -0.05) is 28.1 Å². The van der Waals surface area contributed by atoms with Crippen LogP contribution in [0.15, 0.2) is 40.9 Å². The number of rotatable bonds is 3. The van der Waals surface area contributed by atoms with E-state index in [1.807, 2.05) is 24.3 Å². The zero-order chi connectivity index (χ0) is 14.0. The lowest BCUT2D eigenvalue weighted by Gasteiger charge is -2.09. The molecule has 0 radical (unpaired) electrons. The van der Waals surface area contributed by atoms with Crippen LogP contribution in [0.25, 0.3) is 10.8 Å². The minimum absolute atomic E-state index is 0.389. The first-order chi connectivity index (χ1) is 8.97. The average Bonchev–Trinajstić information content (AvgIpc) is 2.37. The van der Waals surface area contributed by atoms with Crippen LogP contribution in [0.2, 0.25) is 0 Å². The Bertz CT molecular complexity index is 654. The monoisotopic (exact) mass is 321 g/mol. The summed E-state index contributed by atoms with van der Waals surface area (Å²) >= 11 is 3.38. The molecule has 0 aliphatic heterocycles. The fourth-order valence-corrected chi connectivity index (χ4v) is 2.08. The van der Waals surface area contributed by atoms with Gasteiger partial charge in [-0.2, -0.15) is 0 Å². The van der Waals surface area contributed by atoms with E-state index in [2.05, 4.69) is 21.2 Å². The van der Waals surface area contributed by atoms with Crippen molar-refractivity contribution in [3.05, 3.63) is 46.4 Å². The molecule has 2 aromatic rings. The number of aliphatic carboxylic acids is 1. The molecule has 98 valence electrons. The Hall–Kier alpha value is -1.88. The van der Waals surface area contributed by atoms with E-state index in [-0.39, 0.29) is 5.91 Å². The molecular formula is C14H12BrNO3. The second-order valence-corrected chi connectivity index (χ2v) is 5.16. The largest absolute Gasteiger partial charge is 0.480 e. The van der Waals surface area contributed by atoms with Crippen molar-refractivity contribution in [1.29, 1.82) is 0 Å². The van der Waals surface area contributed by atoms with Crippen molar-refractivity contribution in [2.45, 2.75) is 13.0 Å². The van der Waals surface area contributed by atoms with Gasteiger partial charge in [0.15, 0.2) is 0 Å². The topological polar surface area (TPSA) is 66.4 Å². The molecule has 2 N–H and O–H groups in total. The molecule has 0 aliphatic rings. The summed E-state index contributed by atoms with van der Waals surface area (Å²) in [4.78, 5) is 22.6. The number of hydrogen-bond donors (Lipinski definition) is 2. The van der Waals surface area contributed by atoms with E-state index >= 15 is 0 Å². The molecule has 1 atom stereocenters. The molecule has 0 saturated heterocycles. The lowest BCUT2D eigenvalue weighted by molar-refractivity contribution is -0.138. The van der Waals surface area contributed by atoms with Crippen molar-refractivity contribution in [2.75, 3.05) is 0 Å². The third kappa shape index (κ3) is 3.12. The van der Waals surface area contributed by atoms with Crippen molar-refractivity contribution >= 4 is 38.6 Å². The third-order valence-corrected chi connectivity index (χ3v) is 3.28. The average molecular weight is 322 g/mol. The summed E-state index contributed by atoms with van der Waals surface area (Å²) in [6.45, 7) is 1.43. The summed E-state index contributed by atoms with van der Waals surface area (Å²) in [6.07, 6.45) is 0. The van der Waals surface area contributed by atoms with Gasteiger partial charge in [-0.3, -0.25) is 9.59 Å². The highest BCUT2D eigenvalue weighted by Crippen LogP contribution is 2.21. The zero-order valence-corrected chi connectivity index (χ0v) is 11.8. The molecule has 1 amide bonds. The number of hydrogen-bond acceptors (Lipinski definition) is 2. The van der Waals surface area contributed by atoms with Crippen molar-refractivity contribution in [3.8, 4) is 0 Å². The molecule has 0 unspecified atom stereocenters. The van der Waals surface area contributed by atoms with E-state index < -0.39 is 12.0 Å². The Balaban J connectivity index is 2.28. The Kier molecular flexibility index (Phi) is 3.85. The molecule has 0 heterocycles. The van der Waals surface area contributed by atoms with Crippen molar-refractivity contribution in [3.63, 3.8) is 0 Å². The highest BCUT2D eigenvalue weighted by Gasteiger charge is 2.15. The molecule has 2 aromatic carbocycles. The lowest BCUT2D eigenvalue weighted by atomic mass is 10.1. The van der Waals surface area contributed by atoms with Crippen LogP contribution >= 0.6 is 15.9 Å². The van der Waals surface area contributed by atoms with Gasteiger partial charge < -0.3 is 10.4 Å². The number of amides is 1. The molecule has 19 heavy (non-hydrogen) atoms. The Morgan fingerprint density at radius 2 is 1.79 bits per heavy atom. The summed E-state index contributed by atoms with van der Waals surface area (Å²) in [5.74, 6) is -1.45. The van der Waals surface area contributed by atoms with E-state index in [0.717, 1.165) is 15.2 Å². The van der Waals surface area contributed by atoms with Crippen LogP contribution in [-0.4, -0.2) is 23.0 Å². The number of carbonyl (C=O) groups is 2. The normalized spacial score (nSPS) is 12.1. The number of carboxylic acid groups (broad SMARTS) is 1. The van der Waals surface area contributed by atoms with Crippen LogP contribution in [-0.2, 0) is 4.79 Å². The first-order valence-corrected chi connectivity index (χ1v) is 6.49. The molecule has 0 spiro atoms. The number of carbonyl (C=O) groups excluding carboxylic acids is 1. The molecule has 0 fully saturated rings. The van der Waals surface area contributed by atoms with E-state index in [4.69, 9.17) is 5.11 Å². The number of carboxylic acids is 1. The Morgan fingerprint density at radius 3 is 2.47 bits per heavy atom. The summed E-state index contributed by atoms with van der Waals surface area (Å²) in [6, 6.07) is 10.1. The molecule has 0 bridgehead atoms. The fourth-order valence-electron chi connectivity index (χ4n) is 1.70. The molecule has 2 rings (SSSR count). The second-order valence-electron chi connectivity index (χ2n) is 4.24. The number of halogens is 1. The van der Waals surface area contributed by atoms with E-state index in [1.165, 1.54) is 6.92 Å². The van der Waals surface area contributed by atoms with Gasteiger partial charge in [0, 0.05) is 10.0 Å². The van der Waals surface area contributed by atoms with E-state index in [1.54, 1.807) is 12.1 Å². The summed E-state index contributed by atoms with van der Waals surface area (Å²) in [7, 11) is 0. The van der Waals surface area contributed by atoms with Crippen LogP contribution in [0, 0.1) is 0 Å². The lowest BCUT2D eigenvalue weighted by Crippen LogP contribution is -2.38. The van der Waals surface area contributed by atoms with Crippen LogP contribution < -0.4 is 5.32 Å². The van der Waals surface area contributed by atoms with Gasteiger partial charge in [0.05, 0.1) is 0 Å². The highest BCUT2D eigenvalue weighted by atomic mass is 79.9. The minimum Gasteiger partial charge on any atom is -0.480 e. The predicted octanol–water partition coefficient (Wildman–Crippen LogP) is 2.81. The number of nitrogens with one attached hydrogen (secondary N) is 1. The van der Waals surface area contributed by atoms with Gasteiger partial charge in [0.1, 0.15) is 6.04 Å². The van der Waals surface area contributed by atoms with Crippen molar-refractivity contribution in [2.24, 2.45) is 0 Å². The van der Waals surface area contributed by atoms with Crippen LogP contribution in [0.5, 0.6) is 0 Å². The predicted molar refractivity (Wildman–Crippen MR) is 76.2 cm³/mol. The first kappa shape index (κ1) is 13.5. The van der Waals surface area contributed by atoms with E-state index in [0.29, 0.717) is 5.56 Å². The number of benzene rings is 2. The SMILES string of the molecule is C[C@H](NC(=O)c1ccc2cc(Br)ccc2c1)C(=O)O. The molecule has 0 saturated carbocycles. The molecule has 0 aromatic heterocycles. The fraction of sp³-hybridized carbons (Fsp3) is 0.143. The molecule has 5 heteroatoms. The maximum Gasteiger partial charge on any atom is 0.325 e. The molecular weight excluding hydrogens is 310 g/mol. The van der Waals surface area contributed by atoms with Crippen molar-refractivity contribution < 1.29 is 14.7 Å². The molecule has 0 aliphatic carbocycles. The van der Waals surface area contributed by atoms with Crippen LogP contribution in [0.4, 0.5) is 0 Å². The Labute approximate surface area is 118 Å². The van der Waals surface area contributed by atoms with Gasteiger partial charge >= 0.3 is 5.97 Å². The standard InChI is InChI=1S/C14H12BrNO3/c1-8(14(18)19)16-13(17)11-3-2-10-7-12(15)5-4-9(10)6-11/h2-8H,1H3,(H,16,17)(H,18,19)/t8-/m0/s1. The van der Waals surface area contributed by atoms with Crippen LogP contribution in [0.3, 0.4) is 0 Å². The Morgan fingerprint density at radius 1 is 1.16 bits per heavy atom. The van der Waals surface area contributed by atoms with Gasteiger partial charge in [0.25, 0.3) is 5.91 Å². The van der Waals surface area contributed by atoms with Gasteiger partial charge in [-0.05, 0) is 42.0 Å². The maximum absolute atomic E-state index is 11.9. The summed E-state index contributed by atoms with van der Waals surface area (Å²) in [5, 5.41) is 13.1. The summed E-state index contributed by atoms with van der Waals surface area (Å²) < 4.78 is 0.969. The first-order valence-electron chi connectivity index (χ1n) is 5.70. The van der Waals surface area contributed by atoms with Crippen LogP contribution in [0.1, 0.15) is 17.3 Å². The molecule has 4 nitrogen and oxygen atoms in total. The summed E-state index contributed by atoms with van der Waals surface area (Å²) in [5.41, 5.74) is 0.447. The maximum atomic E-state index is 11.9. The minimum atomic E-state index is -1.06. The van der Waals surface area contributed by atoms with Gasteiger partial charge in [0.2, 0.25) is 0 Å². The van der Waals surface area contributed by atoms with E-state index in [9.17, 15) is 9.59 Å². The van der Waals surface area contributed by atoms with Crippen molar-refractivity contribution in [1.82, 2.24) is 5.32 Å². The highest BCUT2D eigenvalue weighted by molar-refractivity contribution is 9.10.